The lowest BCUT2D eigenvalue weighted by Gasteiger charge is -2.10. The lowest BCUT2D eigenvalue weighted by molar-refractivity contribution is 0.324. The minimum atomic E-state index is -0.278. The summed E-state index contributed by atoms with van der Waals surface area (Å²) in [5, 5.41) is 3.29. The summed E-state index contributed by atoms with van der Waals surface area (Å²) in [6.45, 7) is 6.48. The minimum Gasteiger partial charge on any atom is -0.490 e. The van der Waals surface area contributed by atoms with Gasteiger partial charge in [0.25, 0.3) is 0 Å². The summed E-state index contributed by atoms with van der Waals surface area (Å²) < 4.78 is 19.1. The third-order valence-corrected chi connectivity index (χ3v) is 3.00. The van der Waals surface area contributed by atoms with E-state index in [1.165, 1.54) is 0 Å². The van der Waals surface area contributed by atoms with Crippen LogP contribution in [0.4, 0.5) is 4.39 Å². The van der Waals surface area contributed by atoms with Crippen molar-refractivity contribution in [3.05, 3.63) is 29.6 Å². The Morgan fingerprint density at radius 1 is 1.39 bits per heavy atom. The molecule has 0 radical (unpaired) electrons. The quantitative estimate of drug-likeness (QED) is 0.733. The average Bonchev–Trinajstić information content (AvgIpc) is 2.31. The van der Waals surface area contributed by atoms with Gasteiger partial charge in [0.05, 0.1) is 6.61 Å². The topological polar surface area (TPSA) is 21.3 Å². The molecule has 2 nitrogen and oxygen atoms in total. The van der Waals surface area contributed by atoms with E-state index in [9.17, 15) is 4.39 Å². The van der Waals surface area contributed by atoms with E-state index in [1.54, 1.807) is 23.9 Å². The molecule has 0 spiro atoms. The molecule has 0 bridgehead atoms. The van der Waals surface area contributed by atoms with Crippen LogP contribution >= 0.6 is 11.8 Å². The number of hydrogen-bond donors (Lipinski definition) is 1. The first-order valence-corrected chi connectivity index (χ1v) is 7.63. The number of hydrogen-bond acceptors (Lipinski definition) is 3. The predicted molar refractivity (Wildman–Crippen MR) is 76.8 cm³/mol. The Bertz CT molecular complexity index is 358. The van der Waals surface area contributed by atoms with E-state index in [-0.39, 0.29) is 5.82 Å². The lowest BCUT2D eigenvalue weighted by atomic mass is 10.2. The van der Waals surface area contributed by atoms with E-state index in [2.05, 4.69) is 19.2 Å². The van der Waals surface area contributed by atoms with Gasteiger partial charge in [0.15, 0.2) is 11.6 Å². The van der Waals surface area contributed by atoms with Gasteiger partial charge in [-0.15, -0.1) is 0 Å². The number of rotatable bonds is 8. The van der Waals surface area contributed by atoms with Gasteiger partial charge in [-0.1, -0.05) is 19.9 Å². The zero-order valence-electron chi connectivity index (χ0n) is 11.3. The molecule has 0 atom stereocenters. The largest absolute Gasteiger partial charge is 0.490 e. The molecule has 0 aliphatic carbocycles. The summed E-state index contributed by atoms with van der Waals surface area (Å²) in [5.74, 6) is 1.54. The maximum atomic E-state index is 13.7. The molecule has 0 saturated heterocycles. The molecule has 4 heteroatoms. The summed E-state index contributed by atoms with van der Waals surface area (Å²) in [5.41, 5.74) is 0.949. The van der Waals surface area contributed by atoms with Gasteiger partial charge in [-0.3, -0.25) is 0 Å². The molecule has 1 aromatic carbocycles. The Hall–Kier alpha value is -0.740. The molecule has 1 N–H and O–H groups in total. The van der Waals surface area contributed by atoms with Gasteiger partial charge in [0.2, 0.25) is 0 Å². The zero-order valence-corrected chi connectivity index (χ0v) is 12.1. The Balaban J connectivity index is 2.45. The van der Waals surface area contributed by atoms with Crippen LogP contribution < -0.4 is 10.1 Å². The second-order valence-corrected chi connectivity index (χ2v) is 5.62. The van der Waals surface area contributed by atoms with Crippen molar-refractivity contribution in [2.24, 2.45) is 5.92 Å². The maximum absolute atomic E-state index is 13.7. The maximum Gasteiger partial charge on any atom is 0.165 e. The Morgan fingerprint density at radius 2 is 2.17 bits per heavy atom. The van der Waals surface area contributed by atoms with Crippen molar-refractivity contribution in [3.63, 3.8) is 0 Å². The van der Waals surface area contributed by atoms with Crippen LogP contribution in [0.2, 0.25) is 0 Å². The molecule has 0 heterocycles. The summed E-state index contributed by atoms with van der Waals surface area (Å²) in [6.07, 6.45) is 2.00. The molecule has 0 aliphatic heterocycles. The van der Waals surface area contributed by atoms with Gasteiger partial charge < -0.3 is 10.1 Å². The molecule has 0 unspecified atom stereocenters. The van der Waals surface area contributed by atoms with Gasteiger partial charge in [-0.05, 0) is 36.4 Å². The SMILES string of the molecule is CSCCOc1ccc(CNCC(C)C)cc1F. The Morgan fingerprint density at radius 3 is 2.78 bits per heavy atom. The van der Waals surface area contributed by atoms with Crippen LogP contribution in [0.15, 0.2) is 18.2 Å². The predicted octanol–water partition coefficient (Wildman–Crippen LogP) is 3.31. The standard InChI is InChI=1S/C14H22FNOS/c1-11(2)9-16-10-12-4-5-14(13(15)8-12)17-6-7-18-3/h4-5,8,11,16H,6-7,9-10H2,1-3H3. The van der Waals surface area contributed by atoms with E-state index in [1.807, 2.05) is 12.3 Å². The van der Waals surface area contributed by atoms with Crippen molar-refractivity contribution in [3.8, 4) is 5.75 Å². The zero-order chi connectivity index (χ0) is 13.4. The third kappa shape index (κ3) is 5.74. The Labute approximate surface area is 113 Å². The summed E-state index contributed by atoms with van der Waals surface area (Å²) in [6, 6.07) is 5.16. The highest BCUT2D eigenvalue weighted by Gasteiger charge is 2.04. The van der Waals surface area contributed by atoms with E-state index >= 15 is 0 Å². The summed E-state index contributed by atoms with van der Waals surface area (Å²) in [7, 11) is 0. The number of nitrogens with one attached hydrogen (secondary N) is 1. The molecule has 18 heavy (non-hydrogen) atoms. The molecule has 1 rings (SSSR count). The highest BCUT2D eigenvalue weighted by atomic mass is 32.2. The minimum absolute atomic E-state index is 0.278. The van der Waals surface area contributed by atoms with E-state index in [4.69, 9.17) is 4.74 Å². The van der Waals surface area contributed by atoms with Crippen LogP contribution in [0.25, 0.3) is 0 Å². The van der Waals surface area contributed by atoms with Gasteiger partial charge in [-0.2, -0.15) is 11.8 Å². The molecule has 0 saturated carbocycles. The van der Waals surface area contributed by atoms with E-state index < -0.39 is 0 Å². The lowest BCUT2D eigenvalue weighted by Crippen LogP contribution is -2.19. The molecular formula is C14H22FNOS. The molecule has 0 aromatic heterocycles. The van der Waals surface area contributed by atoms with Gasteiger partial charge in [0, 0.05) is 12.3 Å². The van der Waals surface area contributed by atoms with Crippen LogP contribution in [0.3, 0.4) is 0 Å². The monoisotopic (exact) mass is 271 g/mol. The first kappa shape index (κ1) is 15.3. The third-order valence-electron chi connectivity index (χ3n) is 2.42. The van der Waals surface area contributed by atoms with Crippen molar-refractivity contribution in [1.82, 2.24) is 5.32 Å². The van der Waals surface area contributed by atoms with Crippen LogP contribution in [-0.4, -0.2) is 25.2 Å². The van der Waals surface area contributed by atoms with Gasteiger partial charge in [0.1, 0.15) is 0 Å². The van der Waals surface area contributed by atoms with Crippen molar-refractivity contribution in [1.29, 1.82) is 0 Å². The van der Waals surface area contributed by atoms with Crippen LogP contribution in [0, 0.1) is 11.7 Å². The van der Waals surface area contributed by atoms with Crippen molar-refractivity contribution < 1.29 is 9.13 Å². The fourth-order valence-corrected chi connectivity index (χ4v) is 1.76. The van der Waals surface area contributed by atoms with E-state index in [0.717, 1.165) is 17.9 Å². The smallest absolute Gasteiger partial charge is 0.165 e. The van der Waals surface area contributed by atoms with Crippen molar-refractivity contribution >= 4 is 11.8 Å². The van der Waals surface area contributed by atoms with Crippen LogP contribution in [0.5, 0.6) is 5.75 Å². The highest BCUT2D eigenvalue weighted by molar-refractivity contribution is 7.98. The van der Waals surface area contributed by atoms with Crippen molar-refractivity contribution in [2.45, 2.75) is 20.4 Å². The fraction of sp³-hybridized carbons (Fsp3) is 0.571. The summed E-state index contributed by atoms with van der Waals surface area (Å²) >= 11 is 1.69. The molecule has 1 aromatic rings. The normalized spacial score (nSPS) is 10.9. The number of benzene rings is 1. The molecule has 0 fully saturated rings. The average molecular weight is 271 g/mol. The van der Waals surface area contributed by atoms with Crippen LogP contribution in [0.1, 0.15) is 19.4 Å². The second-order valence-electron chi connectivity index (χ2n) is 4.63. The van der Waals surface area contributed by atoms with Crippen LogP contribution in [-0.2, 0) is 6.54 Å². The van der Waals surface area contributed by atoms with Crippen molar-refractivity contribution in [2.75, 3.05) is 25.2 Å². The highest BCUT2D eigenvalue weighted by Crippen LogP contribution is 2.18. The summed E-state index contributed by atoms with van der Waals surface area (Å²) in [4.78, 5) is 0. The Kier molecular flexibility index (Phi) is 7.13. The number of halogens is 1. The number of thioether (sulfide) groups is 1. The molecular weight excluding hydrogens is 249 g/mol. The van der Waals surface area contributed by atoms with E-state index in [0.29, 0.717) is 24.8 Å². The first-order valence-electron chi connectivity index (χ1n) is 6.24. The fourth-order valence-electron chi connectivity index (χ4n) is 1.51. The number of ether oxygens (including phenoxy) is 1. The second kappa shape index (κ2) is 8.38. The first-order chi connectivity index (χ1) is 8.63. The van der Waals surface area contributed by atoms with Gasteiger partial charge >= 0.3 is 0 Å². The molecule has 102 valence electrons. The molecule has 0 aliphatic rings. The molecule has 0 amide bonds. The van der Waals surface area contributed by atoms with Gasteiger partial charge in [-0.25, -0.2) is 4.39 Å².